The number of nitrogens with zero attached hydrogens (tertiary/aromatic N) is 1. The van der Waals surface area contributed by atoms with E-state index in [1.165, 1.54) is 0 Å². The molecule has 26 heavy (non-hydrogen) atoms. The SMILES string of the molecule is CCCOc1ccc(C(=O)N/N=C\c2cc(Br)ccc2OC(C)C)cc1. The van der Waals surface area contributed by atoms with Crippen LogP contribution in [-0.4, -0.2) is 24.8 Å². The van der Waals surface area contributed by atoms with Crippen molar-refractivity contribution in [3.05, 3.63) is 58.1 Å². The zero-order valence-electron chi connectivity index (χ0n) is 15.2. The molecule has 0 radical (unpaired) electrons. The molecule has 2 rings (SSSR count). The van der Waals surface area contributed by atoms with Gasteiger partial charge in [-0.15, -0.1) is 0 Å². The molecule has 2 aromatic rings. The molecule has 1 N–H and O–H groups in total. The maximum absolute atomic E-state index is 12.2. The average Bonchev–Trinajstić information content (AvgIpc) is 2.62. The van der Waals surface area contributed by atoms with Crippen molar-refractivity contribution in [3.63, 3.8) is 0 Å². The lowest BCUT2D eigenvalue weighted by molar-refractivity contribution is 0.0955. The van der Waals surface area contributed by atoms with Gasteiger partial charge in [0.1, 0.15) is 11.5 Å². The molecule has 0 bridgehead atoms. The van der Waals surface area contributed by atoms with E-state index in [1.54, 1.807) is 30.5 Å². The van der Waals surface area contributed by atoms with Crippen molar-refractivity contribution in [1.29, 1.82) is 0 Å². The summed E-state index contributed by atoms with van der Waals surface area (Å²) in [5, 5.41) is 4.04. The predicted molar refractivity (Wildman–Crippen MR) is 107 cm³/mol. The van der Waals surface area contributed by atoms with Gasteiger partial charge in [0.05, 0.1) is 18.9 Å². The number of rotatable bonds is 8. The summed E-state index contributed by atoms with van der Waals surface area (Å²) in [5.74, 6) is 1.17. The number of hydrazone groups is 1. The van der Waals surface area contributed by atoms with Crippen LogP contribution in [0.3, 0.4) is 0 Å². The van der Waals surface area contributed by atoms with Gasteiger partial charge in [-0.1, -0.05) is 22.9 Å². The van der Waals surface area contributed by atoms with Crippen LogP contribution >= 0.6 is 15.9 Å². The van der Waals surface area contributed by atoms with Gasteiger partial charge in [0.25, 0.3) is 5.91 Å². The summed E-state index contributed by atoms with van der Waals surface area (Å²) >= 11 is 3.43. The van der Waals surface area contributed by atoms with Crippen molar-refractivity contribution in [2.24, 2.45) is 5.10 Å². The second-order valence-corrected chi connectivity index (χ2v) is 6.84. The summed E-state index contributed by atoms with van der Waals surface area (Å²) in [7, 11) is 0. The van der Waals surface area contributed by atoms with E-state index < -0.39 is 0 Å². The average molecular weight is 419 g/mol. The Balaban J connectivity index is 2.01. The van der Waals surface area contributed by atoms with Crippen LogP contribution in [0.15, 0.2) is 52.0 Å². The Morgan fingerprint density at radius 1 is 1.23 bits per heavy atom. The van der Waals surface area contributed by atoms with Gasteiger partial charge in [-0.2, -0.15) is 5.10 Å². The maximum atomic E-state index is 12.2. The van der Waals surface area contributed by atoms with Gasteiger partial charge < -0.3 is 9.47 Å². The van der Waals surface area contributed by atoms with E-state index >= 15 is 0 Å². The van der Waals surface area contributed by atoms with E-state index in [0.717, 1.165) is 22.2 Å². The lowest BCUT2D eigenvalue weighted by Gasteiger charge is -2.12. The van der Waals surface area contributed by atoms with Gasteiger partial charge in [-0.05, 0) is 62.7 Å². The molecule has 5 nitrogen and oxygen atoms in total. The quantitative estimate of drug-likeness (QED) is 0.495. The number of ether oxygens (including phenoxy) is 2. The molecule has 0 aromatic heterocycles. The molecule has 0 saturated carbocycles. The van der Waals surface area contributed by atoms with Crippen molar-refractivity contribution >= 4 is 28.1 Å². The Hall–Kier alpha value is -2.34. The zero-order chi connectivity index (χ0) is 18.9. The minimum atomic E-state index is -0.287. The second kappa shape index (κ2) is 9.97. The highest BCUT2D eigenvalue weighted by atomic mass is 79.9. The zero-order valence-corrected chi connectivity index (χ0v) is 16.7. The van der Waals surface area contributed by atoms with Gasteiger partial charge in [0.15, 0.2) is 0 Å². The first kappa shape index (κ1) is 20.0. The standard InChI is InChI=1S/C20H23BrN2O3/c1-4-11-25-18-8-5-15(6-9-18)20(24)23-22-13-16-12-17(21)7-10-19(16)26-14(2)3/h5-10,12-14H,4,11H2,1-3H3,(H,23,24)/b22-13-. The molecule has 0 atom stereocenters. The third-order valence-corrected chi connectivity index (χ3v) is 3.79. The molecule has 0 spiro atoms. The van der Waals surface area contributed by atoms with Crippen molar-refractivity contribution < 1.29 is 14.3 Å². The van der Waals surface area contributed by atoms with Gasteiger partial charge in [0, 0.05) is 15.6 Å². The van der Waals surface area contributed by atoms with Gasteiger partial charge >= 0.3 is 0 Å². The van der Waals surface area contributed by atoms with Crippen LogP contribution in [-0.2, 0) is 0 Å². The highest BCUT2D eigenvalue weighted by Crippen LogP contribution is 2.22. The Morgan fingerprint density at radius 2 is 1.96 bits per heavy atom. The molecular formula is C20H23BrN2O3. The van der Waals surface area contributed by atoms with Crippen LogP contribution in [0.2, 0.25) is 0 Å². The van der Waals surface area contributed by atoms with E-state index in [-0.39, 0.29) is 12.0 Å². The summed E-state index contributed by atoms with van der Waals surface area (Å²) < 4.78 is 12.2. The smallest absolute Gasteiger partial charge is 0.271 e. The fourth-order valence-corrected chi connectivity index (χ4v) is 2.51. The van der Waals surface area contributed by atoms with Crippen molar-refractivity contribution in [2.75, 3.05) is 6.61 Å². The Kier molecular flexibility index (Phi) is 7.66. The van der Waals surface area contributed by atoms with Crippen molar-refractivity contribution in [2.45, 2.75) is 33.3 Å². The molecule has 6 heteroatoms. The fourth-order valence-electron chi connectivity index (χ4n) is 2.13. The summed E-state index contributed by atoms with van der Waals surface area (Å²) in [4.78, 5) is 12.2. The highest BCUT2D eigenvalue weighted by Gasteiger charge is 2.07. The van der Waals surface area contributed by atoms with E-state index in [9.17, 15) is 4.79 Å². The van der Waals surface area contributed by atoms with E-state index in [0.29, 0.717) is 17.9 Å². The third kappa shape index (κ3) is 6.19. The Bertz CT molecular complexity index is 758. The van der Waals surface area contributed by atoms with Crippen LogP contribution in [0.1, 0.15) is 43.1 Å². The molecule has 1 amide bonds. The minimum absolute atomic E-state index is 0.0476. The highest BCUT2D eigenvalue weighted by molar-refractivity contribution is 9.10. The first-order valence-electron chi connectivity index (χ1n) is 8.52. The molecule has 0 unspecified atom stereocenters. The monoisotopic (exact) mass is 418 g/mol. The Morgan fingerprint density at radius 3 is 2.62 bits per heavy atom. The van der Waals surface area contributed by atoms with Crippen molar-refractivity contribution in [3.8, 4) is 11.5 Å². The lowest BCUT2D eigenvalue weighted by Crippen LogP contribution is -2.17. The third-order valence-electron chi connectivity index (χ3n) is 3.29. The van der Waals surface area contributed by atoms with Crippen molar-refractivity contribution in [1.82, 2.24) is 5.43 Å². The summed E-state index contributed by atoms with van der Waals surface area (Å²) in [5.41, 5.74) is 3.82. The van der Waals surface area contributed by atoms with Crippen LogP contribution in [0, 0.1) is 0 Å². The predicted octanol–water partition coefficient (Wildman–Crippen LogP) is 4.79. The molecule has 2 aromatic carbocycles. The molecule has 138 valence electrons. The normalized spacial score (nSPS) is 11.0. The van der Waals surface area contributed by atoms with Gasteiger partial charge in [-0.3, -0.25) is 4.79 Å². The maximum Gasteiger partial charge on any atom is 0.271 e. The number of carbonyl (C=O) groups excluding carboxylic acids is 1. The number of benzene rings is 2. The van der Waals surface area contributed by atoms with Gasteiger partial charge in [-0.25, -0.2) is 5.43 Å². The largest absolute Gasteiger partial charge is 0.494 e. The number of hydrogen-bond donors (Lipinski definition) is 1. The molecule has 0 fully saturated rings. The number of halogens is 1. The molecule has 0 aliphatic heterocycles. The number of amides is 1. The topological polar surface area (TPSA) is 59.9 Å². The van der Waals surface area contributed by atoms with Gasteiger partial charge in [0.2, 0.25) is 0 Å². The molecule has 0 saturated heterocycles. The molecule has 0 heterocycles. The molecule has 0 aliphatic carbocycles. The summed E-state index contributed by atoms with van der Waals surface area (Å²) in [6, 6.07) is 12.6. The number of nitrogens with one attached hydrogen (secondary N) is 1. The molecule has 0 aliphatic rings. The first-order valence-corrected chi connectivity index (χ1v) is 9.31. The van der Waals surface area contributed by atoms with E-state index in [2.05, 4.69) is 26.5 Å². The minimum Gasteiger partial charge on any atom is -0.494 e. The van der Waals surface area contributed by atoms with Crippen LogP contribution in [0.4, 0.5) is 0 Å². The summed E-state index contributed by atoms with van der Waals surface area (Å²) in [6.07, 6.45) is 2.56. The van der Waals surface area contributed by atoms with E-state index in [4.69, 9.17) is 9.47 Å². The molecular weight excluding hydrogens is 396 g/mol. The second-order valence-electron chi connectivity index (χ2n) is 5.92. The summed E-state index contributed by atoms with van der Waals surface area (Å²) in [6.45, 7) is 6.61. The fraction of sp³-hybridized carbons (Fsp3) is 0.300. The number of hydrogen-bond acceptors (Lipinski definition) is 4. The number of carbonyl (C=O) groups is 1. The Labute approximate surface area is 162 Å². The lowest BCUT2D eigenvalue weighted by atomic mass is 10.2. The van der Waals surface area contributed by atoms with E-state index in [1.807, 2.05) is 39.0 Å². The van der Waals surface area contributed by atoms with Crippen LogP contribution in [0.25, 0.3) is 0 Å². The van der Waals surface area contributed by atoms with Crippen LogP contribution < -0.4 is 14.9 Å². The van der Waals surface area contributed by atoms with Crippen LogP contribution in [0.5, 0.6) is 11.5 Å². The first-order chi connectivity index (χ1) is 12.5.